The Morgan fingerprint density at radius 2 is 1.68 bits per heavy atom. The molecule has 0 radical (unpaired) electrons. The molecule has 1 heterocycles. The minimum Gasteiger partial charge on any atom is -0.507 e. The van der Waals surface area contributed by atoms with Crippen molar-refractivity contribution in [3.63, 3.8) is 0 Å². The maximum Gasteiger partial charge on any atom is 0.121 e. The number of nitrogens with one attached hydrogen (secondary N) is 1. The van der Waals surface area contributed by atoms with E-state index in [4.69, 9.17) is 0 Å². The summed E-state index contributed by atoms with van der Waals surface area (Å²) in [5.41, 5.74) is 3.36. The Hall–Kier alpha value is -0.480. The number of nitrogens with zero attached hydrogens (tertiary/aromatic N) is 1. The van der Waals surface area contributed by atoms with E-state index >= 15 is 0 Å². The van der Waals surface area contributed by atoms with Crippen LogP contribution in [0.3, 0.4) is 0 Å². The Bertz CT molecular complexity index is 425. The number of phenols is 1. The Morgan fingerprint density at radius 1 is 1.14 bits per heavy atom. The molecule has 3 nitrogen and oxygen atoms in total. The van der Waals surface area contributed by atoms with Crippen molar-refractivity contribution in [2.24, 2.45) is 0 Å². The van der Waals surface area contributed by atoms with Gasteiger partial charge < -0.3 is 10.4 Å². The second kappa shape index (κ2) is 10.3. The van der Waals surface area contributed by atoms with Gasteiger partial charge in [0.05, 0.1) is 0 Å². The lowest BCUT2D eigenvalue weighted by atomic mass is 9.95. The fourth-order valence-corrected chi connectivity index (χ4v) is 3.13. The largest absolute Gasteiger partial charge is 0.507 e. The molecule has 0 aliphatic carbocycles. The van der Waals surface area contributed by atoms with E-state index in [1.54, 1.807) is 0 Å². The van der Waals surface area contributed by atoms with E-state index in [-0.39, 0.29) is 24.8 Å². The quantitative estimate of drug-likeness (QED) is 0.844. The predicted octanol–water partition coefficient (Wildman–Crippen LogP) is 3.99. The van der Waals surface area contributed by atoms with Crippen molar-refractivity contribution in [2.45, 2.75) is 46.1 Å². The van der Waals surface area contributed by atoms with Crippen LogP contribution in [0.4, 0.5) is 0 Å². The molecule has 1 aliphatic heterocycles. The van der Waals surface area contributed by atoms with Gasteiger partial charge in [0, 0.05) is 32.2 Å². The van der Waals surface area contributed by atoms with Crippen LogP contribution in [0.1, 0.15) is 48.9 Å². The summed E-state index contributed by atoms with van der Waals surface area (Å²) in [4.78, 5) is 2.59. The van der Waals surface area contributed by atoms with Crippen LogP contribution in [0.2, 0.25) is 0 Å². The van der Waals surface area contributed by atoms with Gasteiger partial charge in [-0.05, 0) is 37.0 Å². The molecule has 0 amide bonds. The van der Waals surface area contributed by atoms with Gasteiger partial charge in [-0.25, -0.2) is 0 Å². The lowest BCUT2D eigenvalue weighted by Gasteiger charge is -2.35. The molecular formula is C17H30Cl2N2O. The summed E-state index contributed by atoms with van der Waals surface area (Å²) in [5, 5.41) is 13.4. The Morgan fingerprint density at radius 3 is 2.18 bits per heavy atom. The molecule has 1 atom stereocenters. The molecular weight excluding hydrogens is 319 g/mol. The molecule has 1 fully saturated rings. The van der Waals surface area contributed by atoms with Gasteiger partial charge in [-0.3, -0.25) is 4.90 Å². The molecule has 128 valence electrons. The summed E-state index contributed by atoms with van der Waals surface area (Å²) in [5.74, 6) is 0.448. The number of phenolic OH excluding ortho intramolecular Hbond substituents is 1. The molecule has 2 N–H and O–H groups in total. The van der Waals surface area contributed by atoms with Gasteiger partial charge >= 0.3 is 0 Å². The molecule has 1 aliphatic rings. The molecule has 1 saturated heterocycles. The normalized spacial score (nSPS) is 16.5. The van der Waals surface area contributed by atoms with E-state index in [1.165, 1.54) is 24.8 Å². The zero-order valence-electron chi connectivity index (χ0n) is 13.9. The molecule has 1 aromatic carbocycles. The first kappa shape index (κ1) is 21.5. The third kappa shape index (κ3) is 5.31. The fourth-order valence-electron chi connectivity index (χ4n) is 3.13. The minimum absolute atomic E-state index is 0. The van der Waals surface area contributed by atoms with E-state index in [0.29, 0.717) is 11.8 Å². The summed E-state index contributed by atoms with van der Waals surface area (Å²) in [6, 6.07) is 4.84. The number of aromatic hydroxyl groups is 1. The van der Waals surface area contributed by atoms with Crippen LogP contribution in [0.15, 0.2) is 12.1 Å². The second-order valence-electron chi connectivity index (χ2n) is 5.95. The lowest BCUT2D eigenvalue weighted by molar-refractivity contribution is 0.163. The summed E-state index contributed by atoms with van der Waals surface area (Å²) in [6.07, 6.45) is 3.70. The van der Waals surface area contributed by atoms with Crippen LogP contribution >= 0.6 is 24.8 Å². The third-order valence-electron chi connectivity index (χ3n) is 4.32. The van der Waals surface area contributed by atoms with Crippen molar-refractivity contribution in [1.82, 2.24) is 10.2 Å². The van der Waals surface area contributed by atoms with E-state index < -0.39 is 0 Å². The van der Waals surface area contributed by atoms with E-state index in [2.05, 4.69) is 29.3 Å². The number of unbranched alkanes of at least 4 members (excludes halogenated alkanes) is 1. The molecule has 0 spiro atoms. The Balaban J connectivity index is 0.00000220. The standard InChI is InChI=1S/C17H28N2O.2ClH/c1-4-5-6-16(19-9-7-18-8-10-19)15-11-13(2)17(20)14(3)12-15;;/h11-12,16,18,20H,4-10H2,1-3H3;2*1H/t16-;;/m0../s1. The molecule has 0 unspecified atom stereocenters. The number of benzene rings is 1. The highest BCUT2D eigenvalue weighted by molar-refractivity contribution is 5.85. The summed E-state index contributed by atoms with van der Waals surface area (Å²) < 4.78 is 0. The smallest absolute Gasteiger partial charge is 0.121 e. The van der Waals surface area contributed by atoms with Gasteiger partial charge in [-0.15, -0.1) is 24.8 Å². The number of hydrogen-bond donors (Lipinski definition) is 2. The van der Waals surface area contributed by atoms with E-state index in [9.17, 15) is 5.11 Å². The molecule has 2 rings (SSSR count). The van der Waals surface area contributed by atoms with Crippen LogP contribution < -0.4 is 5.32 Å². The predicted molar refractivity (Wildman–Crippen MR) is 98.8 cm³/mol. The van der Waals surface area contributed by atoms with Crippen LogP contribution in [0.5, 0.6) is 5.75 Å². The minimum atomic E-state index is 0. The second-order valence-corrected chi connectivity index (χ2v) is 5.95. The topological polar surface area (TPSA) is 35.5 Å². The summed E-state index contributed by atoms with van der Waals surface area (Å²) in [7, 11) is 0. The SMILES string of the molecule is CCCC[C@@H](c1cc(C)c(O)c(C)c1)N1CCNCC1.Cl.Cl. The maximum absolute atomic E-state index is 9.98. The molecule has 1 aromatic rings. The zero-order valence-corrected chi connectivity index (χ0v) is 15.5. The van der Waals surface area contributed by atoms with Crippen LogP contribution in [0, 0.1) is 13.8 Å². The number of rotatable bonds is 5. The van der Waals surface area contributed by atoms with E-state index in [1.807, 2.05) is 13.8 Å². The van der Waals surface area contributed by atoms with E-state index in [0.717, 1.165) is 37.3 Å². The molecule has 5 heteroatoms. The average Bonchev–Trinajstić information content (AvgIpc) is 2.46. The van der Waals surface area contributed by atoms with Crippen molar-refractivity contribution in [1.29, 1.82) is 0 Å². The monoisotopic (exact) mass is 348 g/mol. The highest BCUT2D eigenvalue weighted by atomic mass is 35.5. The highest BCUT2D eigenvalue weighted by Crippen LogP contribution is 2.32. The van der Waals surface area contributed by atoms with Gasteiger partial charge in [-0.1, -0.05) is 31.9 Å². The van der Waals surface area contributed by atoms with Gasteiger partial charge in [-0.2, -0.15) is 0 Å². The maximum atomic E-state index is 9.98. The van der Waals surface area contributed by atoms with Crippen molar-refractivity contribution in [3.8, 4) is 5.75 Å². The molecule has 0 saturated carbocycles. The molecule has 22 heavy (non-hydrogen) atoms. The summed E-state index contributed by atoms with van der Waals surface area (Å²) >= 11 is 0. The molecule has 0 bridgehead atoms. The summed E-state index contributed by atoms with van der Waals surface area (Å²) in [6.45, 7) is 10.7. The fraction of sp³-hybridized carbons (Fsp3) is 0.647. The number of halogens is 2. The number of aryl methyl sites for hydroxylation is 2. The van der Waals surface area contributed by atoms with Gasteiger partial charge in [0.1, 0.15) is 5.75 Å². The number of piperazine rings is 1. The number of hydrogen-bond acceptors (Lipinski definition) is 3. The third-order valence-corrected chi connectivity index (χ3v) is 4.32. The Kier molecular flexibility index (Phi) is 10.1. The molecule has 0 aromatic heterocycles. The average molecular weight is 349 g/mol. The first-order valence-electron chi connectivity index (χ1n) is 7.88. The van der Waals surface area contributed by atoms with Gasteiger partial charge in [0.15, 0.2) is 0 Å². The van der Waals surface area contributed by atoms with Gasteiger partial charge in [0.2, 0.25) is 0 Å². The van der Waals surface area contributed by atoms with Crippen molar-refractivity contribution < 1.29 is 5.11 Å². The van der Waals surface area contributed by atoms with Crippen molar-refractivity contribution in [2.75, 3.05) is 26.2 Å². The lowest BCUT2D eigenvalue weighted by Crippen LogP contribution is -2.45. The van der Waals surface area contributed by atoms with Crippen LogP contribution in [0.25, 0.3) is 0 Å². The van der Waals surface area contributed by atoms with Crippen LogP contribution in [-0.2, 0) is 0 Å². The zero-order chi connectivity index (χ0) is 14.5. The first-order valence-corrected chi connectivity index (χ1v) is 7.88. The van der Waals surface area contributed by atoms with Crippen molar-refractivity contribution >= 4 is 24.8 Å². The Labute approximate surface area is 147 Å². The first-order chi connectivity index (χ1) is 9.63. The van der Waals surface area contributed by atoms with Gasteiger partial charge in [0.25, 0.3) is 0 Å². The van der Waals surface area contributed by atoms with Crippen LogP contribution in [-0.4, -0.2) is 36.2 Å². The highest BCUT2D eigenvalue weighted by Gasteiger charge is 2.22. The van der Waals surface area contributed by atoms with Crippen molar-refractivity contribution in [3.05, 3.63) is 28.8 Å².